The maximum absolute atomic E-state index is 2.20. The zero-order chi connectivity index (χ0) is 13.7. The Kier molecular flexibility index (Phi) is 14.0. The minimum absolute atomic E-state index is 0. The number of rotatable bonds is 2. The first-order chi connectivity index (χ1) is 8.49. The van der Waals surface area contributed by atoms with Crippen LogP contribution in [0.15, 0.2) is 24.3 Å². The molecule has 0 unspecified atom stereocenters. The van der Waals surface area contributed by atoms with Gasteiger partial charge in [0.1, 0.15) is 0 Å². The van der Waals surface area contributed by atoms with Crippen molar-refractivity contribution in [3.05, 3.63) is 57.6 Å². The summed E-state index contributed by atoms with van der Waals surface area (Å²) in [6.45, 7) is 13.2. The predicted molar refractivity (Wildman–Crippen MR) is 81.8 cm³/mol. The van der Waals surface area contributed by atoms with Gasteiger partial charge in [-0.1, -0.05) is 54.4 Å². The molecule has 0 atom stereocenters. The summed E-state index contributed by atoms with van der Waals surface area (Å²) in [5, 5.41) is 0. The second kappa shape index (κ2) is 11.7. The van der Waals surface area contributed by atoms with Crippen molar-refractivity contribution in [2.45, 2.75) is 54.4 Å². The van der Waals surface area contributed by atoms with Crippen LogP contribution in [0, 0.1) is 34.6 Å². The van der Waals surface area contributed by atoms with Crippen LogP contribution in [-0.4, -0.2) is 0 Å². The van der Waals surface area contributed by atoms with E-state index in [0.29, 0.717) is 0 Å². The molecule has 0 aliphatic heterocycles. The van der Waals surface area contributed by atoms with Gasteiger partial charge in [0, 0.05) is 0 Å². The normalized spacial score (nSPS) is 8.67. The molecule has 0 heterocycles. The Morgan fingerprint density at radius 1 is 0.857 bits per heavy atom. The average Bonchev–Trinajstić information content (AvgIpc) is 2.93. The summed E-state index contributed by atoms with van der Waals surface area (Å²) in [5.41, 5.74) is 8.80. The SMILES string of the molecule is CCC[c-]1cccc1.Cc1c(C)c(C)[c-](C)c1C.[Cr+4].[F-].[F-]. The molecular weight excluding hydrogens is 306 g/mol. The molecule has 0 aromatic heterocycles. The average molecular weight is 332 g/mol. The van der Waals surface area contributed by atoms with E-state index in [1.807, 2.05) is 0 Å². The molecule has 3 heteroatoms. The summed E-state index contributed by atoms with van der Waals surface area (Å²) in [5.74, 6) is 0. The van der Waals surface area contributed by atoms with Crippen LogP contribution in [0.4, 0.5) is 0 Å². The molecule has 2 aromatic rings. The maximum Gasteiger partial charge on any atom is 4.00 e. The third-order valence-electron chi connectivity index (χ3n) is 4.08. The molecule has 2 rings (SSSR count). The van der Waals surface area contributed by atoms with Gasteiger partial charge in [-0.2, -0.15) is 45.5 Å². The van der Waals surface area contributed by atoms with Crippen LogP contribution in [0.25, 0.3) is 0 Å². The molecule has 0 aliphatic carbocycles. The Morgan fingerprint density at radius 2 is 1.24 bits per heavy atom. The van der Waals surface area contributed by atoms with Gasteiger partial charge in [-0.05, 0) is 0 Å². The number of hydrogen-bond acceptors (Lipinski definition) is 0. The van der Waals surface area contributed by atoms with Gasteiger partial charge in [0.2, 0.25) is 0 Å². The topological polar surface area (TPSA) is 0 Å². The smallest absolute Gasteiger partial charge is 1.00 e. The Morgan fingerprint density at radius 3 is 1.48 bits per heavy atom. The number of hydrogen-bond donors (Lipinski definition) is 0. The first-order valence-electron chi connectivity index (χ1n) is 6.89. The van der Waals surface area contributed by atoms with Gasteiger partial charge in [-0.25, -0.2) is 12.1 Å². The Hall–Kier alpha value is -0.908. The molecule has 0 saturated heterocycles. The Labute approximate surface area is 139 Å². The van der Waals surface area contributed by atoms with E-state index in [9.17, 15) is 0 Å². The van der Waals surface area contributed by atoms with E-state index in [-0.39, 0.29) is 26.8 Å². The summed E-state index contributed by atoms with van der Waals surface area (Å²) < 4.78 is 0. The van der Waals surface area contributed by atoms with Crippen LogP contribution in [-0.2, 0) is 23.8 Å². The van der Waals surface area contributed by atoms with Gasteiger partial charge in [-0.3, -0.25) is 0 Å². The molecule has 0 aliphatic rings. The summed E-state index contributed by atoms with van der Waals surface area (Å²) in [7, 11) is 0. The van der Waals surface area contributed by atoms with Crippen molar-refractivity contribution in [1.82, 2.24) is 0 Å². The largest absolute Gasteiger partial charge is 4.00 e. The molecule has 0 N–H and O–H groups in total. The Bertz CT molecular complexity index is 401. The minimum atomic E-state index is 0. The van der Waals surface area contributed by atoms with Gasteiger partial charge in [0.25, 0.3) is 0 Å². The maximum atomic E-state index is 2.20. The van der Waals surface area contributed by atoms with Crippen LogP contribution < -0.4 is 9.41 Å². The quantitative estimate of drug-likeness (QED) is 0.639. The summed E-state index contributed by atoms with van der Waals surface area (Å²) in [4.78, 5) is 0. The second-order valence-corrected chi connectivity index (χ2v) is 5.17. The summed E-state index contributed by atoms with van der Waals surface area (Å²) in [6, 6.07) is 8.52. The van der Waals surface area contributed by atoms with Crippen molar-refractivity contribution in [1.29, 1.82) is 0 Å². The standard InChI is InChI=1S/C10H15.C8H11.Cr.2FH/c1-6-7(2)9(4)10(5)8(6)3;1-2-5-8-6-3-4-7-8;;;/h1-5H3;3-4,6-7H,2,5H2,1H3;;2*1H/q2*-1;+4;;/p-2. The van der Waals surface area contributed by atoms with Gasteiger partial charge in [-0.15, -0.1) is 0 Å². The van der Waals surface area contributed by atoms with E-state index in [1.54, 1.807) is 0 Å². The van der Waals surface area contributed by atoms with Crippen molar-refractivity contribution in [2.24, 2.45) is 0 Å². The second-order valence-electron chi connectivity index (χ2n) is 5.17. The Balaban J connectivity index is -0.000000274. The molecule has 0 spiro atoms. The predicted octanol–water partition coefficient (Wildman–Crippen LogP) is -0.689. The molecule has 0 nitrogen and oxygen atoms in total. The minimum Gasteiger partial charge on any atom is -1.00 e. The van der Waals surface area contributed by atoms with Crippen LogP contribution in [0.1, 0.15) is 46.7 Å². The summed E-state index contributed by atoms with van der Waals surface area (Å²) in [6.07, 6.45) is 2.48. The van der Waals surface area contributed by atoms with Crippen molar-refractivity contribution in [3.63, 3.8) is 0 Å². The molecule has 0 radical (unpaired) electrons. The van der Waals surface area contributed by atoms with E-state index >= 15 is 0 Å². The van der Waals surface area contributed by atoms with Gasteiger partial charge in [0.05, 0.1) is 0 Å². The van der Waals surface area contributed by atoms with E-state index in [4.69, 9.17) is 0 Å². The van der Waals surface area contributed by atoms with E-state index in [2.05, 4.69) is 65.8 Å². The first-order valence-corrected chi connectivity index (χ1v) is 6.89. The van der Waals surface area contributed by atoms with Gasteiger partial charge >= 0.3 is 17.4 Å². The van der Waals surface area contributed by atoms with Crippen molar-refractivity contribution in [2.75, 3.05) is 0 Å². The fraction of sp³-hybridized carbons (Fsp3) is 0.444. The fourth-order valence-corrected chi connectivity index (χ4v) is 2.28. The van der Waals surface area contributed by atoms with Crippen molar-refractivity contribution in [3.8, 4) is 0 Å². The van der Waals surface area contributed by atoms with Crippen LogP contribution in [0.5, 0.6) is 0 Å². The van der Waals surface area contributed by atoms with Crippen LogP contribution in [0.2, 0.25) is 0 Å². The van der Waals surface area contributed by atoms with E-state index in [0.717, 1.165) is 0 Å². The summed E-state index contributed by atoms with van der Waals surface area (Å²) >= 11 is 0. The molecular formula is C18H26CrF2. The molecule has 0 amide bonds. The third-order valence-corrected chi connectivity index (χ3v) is 4.08. The van der Waals surface area contributed by atoms with Crippen molar-refractivity contribution >= 4 is 0 Å². The molecule has 118 valence electrons. The van der Waals surface area contributed by atoms with E-state index in [1.165, 1.54) is 46.2 Å². The fourth-order valence-electron chi connectivity index (χ4n) is 2.28. The van der Waals surface area contributed by atoms with Gasteiger partial charge in [0.15, 0.2) is 0 Å². The molecule has 0 bridgehead atoms. The number of aryl methyl sites for hydroxylation is 1. The monoisotopic (exact) mass is 332 g/mol. The van der Waals surface area contributed by atoms with E-state index < -0.39 is 0 Å². The number of halogens is 2. The molecule has 0 fully saturated rings. The molecule has 21 heavy (non-hydrogen) atoms. The van der Waals surface area contributed by atoms with Crippen LogP contribution in [0.3, 0.4) is 0 Å². The third kappa shape index (κ3) is 6.59. The zero-order valence-electron chi connectivity index (χ0n) is 13.9. The van der Waals surface area contributed by atoms with Gasteiger partial charge < -0.3 is 9.41 Å². The van der Waals surface area contributed by atoms with Crippen molar-refractivity contribution < 1.29 is 26.8 Å². The first kappa shape index (κ1) is 25.1. The molecule has 2 aromatic carbocycles. The zero-order valence-corrected chi connectivity index (χ0v) is 15.2. The molecule has 0 saturated carbocycles. The van der Waals surface area contributed by atoms with Crippen LogP contribution >= 0.6 is 0 Å².